The maximum atomic E-state index is 13.6. The summed E-state index contributed by atoms with van der Waals surface area (Å²) in [6, 6.07) is 2.03. The van der Waals surface area contributed by atoms with Crippen molar-refractivity contribution in [3.8, 4) is 0 Å². The summed E-state index contributed by atoms with van der Waals surface area (Å²) in [4.78, 5) is 0. The van der Waals surface area contributed by atoms with Crippen molar-refractivity contribution in [3.63, 3.8) is 0 Å². The molecule has 0 amide bonds. The quantitative estimate of drug-likeness (QED) is 0.737. The molecule has 0 bridgehead atoms. The molecule has 7 heteroatoms. The van der Waals surface area contributed by atoms with Crippen molar-refractivity contribution in [2.24, 2.45) is 0 Å². The second kappa shape index (κ2) is 4.88. The third kappa shape index (κ3) is 2.52. The smallest absolute Gasteiger partial charge is 0.419 e. The maximum Gasteiger partial charge on any atom is 0.419 e. The molecule has 1 N–H and O–H groups in total. The minimum atomic E-state index is -5.09. The Bertz CT molecular complexity index is 612. The van der Waals surface area contributed by atoms with Crippen LogP contribution in [0.4, 0.5) is 26.3 Å². The van der Waals surface area contributed by atoms with E-state index in [0.717, 1.165) is 12.1 Å². The van der Waals surface area contributed by atoms with Gasteiger partial charge in [-0.2, -0.15) is 13.2 Å². The molecular formula is C13H8F6O. The van der Waals surface area contributed by atoms with E-state index in [4.69, 9.17) is 5.11 Å². The molecule has 0 atom stereocenters. The van der Waals surface area contributed by atoms with Crippen molar-refractivity contribution in [2.75, 3.05) is 0 Å². The molecule has 108 valence electrons. The van der Waals surface area contributed by atoms with Crippen molar-refractivity contribution in [1.29, 1.82) is 0 Å². The normalized spacial score (nSPS) is 16.9. The van der Waals surface area contributed by atoms with Crippen LogP contribution < -0.4 is 0 Å². The van der Waals surface area contributed by atoms with Gasteiger partial charge in [-0.1, -0.05) is 0 Å². The van der Waals surface area contributed by atoms with E-state index in [1.807, 2.05) is 0 Å². The zero-order valence-corrected chi connectivity index (χ0v) is 9.86. The number of hydrogen-bond acceptors (Lipinski definition) is 1. The molecule has 0 spiro atoms. The number of aliphatic hydroxyl groups excluding tert-OH is 1. The van der Waals surface area contributed by atoms with Gasteiger partial charge >= 0.3 is 6.18 Å². The summed E-state index contributed by atoms with van der Waals surface area (Å²) >= 11 is 0. The van der Waals surface area contributed by atoms with Crippen LogP contribution in [-0.2, 0) is 0 Å². The number of aliphatic hydroxyl groups is 1. The van der Waals surface area contributed by atoms with Gasteiger partial charge in [0.2, 0.25) is 0 Å². The first-order valence-electron chi connectivity index (χ1n) is 5.55. The number of halogens is 6. The highest BCUT2D eigenvalue weighted by Crippen LogP contribution is 2.44. The molecule has 1 aliphatic rings. The van der Waals surface area contributed by atoms with Crippen LogP contribution in [0.2, 0.25) is 0 Å². The van der Waals surface area contributed by atoms with Gasteiger partial charge in [-0.25, -0.2) is 13.2 Å². The van der Waals surface area contributed by atoms with Gasteiger partial charge in [0.1, 0.15) is 17.4 Å². The van der Waals surface area contributed by atoms with Gasteiger partial charge in [-0.05, 0) is 24.1 Å². The number of alkyl halides is 3. The van der Waals surface area contributed by atoms with Gasteiger partial charge in [0.15, 0.2) is 5.83 Å². The molecule has 0 saturated carbocycles. The Morgan fingerprint density at radius 1 is 1.00 bits per heavy atom. The highest BCUT2D eigenvalue weighted by molar-refractivity contribution is 5.75. The van der Waals surface area contributed by atoms with Crippen LogP contribution >= 0.6 is 0 Å². The minimum Gasteiger partial charge on any atom is -0.509 e. The Balaban J connectivity index is 2.70. The van der Waals surface area contributed by atoms with E-state index < -0.39 is 52.5 Å². The van der Waals surface area contributed by atoms with E-state index in [2.05, 4.69) is 0 Å². The summed E-state index contributed by atoms with van der Waals surface area (Å²) < 4.78 is 78.5. The first-order chi connectivity index (χ1) is 9.21. The average molecular weight is 294 g/mol. The predicted molar refractivity (Wildman–Crippen MR) is 59.3 cm³/mol. The maximum absolute atomic E-state index is 13.6. The lowest BCUT2D eigenvalue weighted by atomic mass is 9.89. The zero-order valence-electron chi connectivity index (χ0n) is 9.86. The monoisotopic (exact) mass is 294 g/mol. The summed E-state index contributed by atoms with van der Waals surface area (Å²) in [5.41, 5.74) is -2.88. The van der Waals surface area contributed by atoms with Crippen molar-refractivity contribution >= 4 is 5.57 Å². The van der Waals surface area contributed by atoms with Crippen LogP contribution in [-0.4, -0.2) is 11.3 Å². The Hall–Kier alpha value is -1.92. The highest BCUT2D eigenvalue weighted by Gasteiger charge is 2.43. The molecule has 1 aromatic rings. The minimum absolute atomic E-state index is 0.377. The van der Waals surface area contributed by atoms with E-state index in [9.17, 15) is 26.3 Å². The SMILES string of the molecule is OC1=C(F)C(C(F)(F)F)=C(c2ccc(F)cc2F)CC1. The fourth-order valence-corrected chi connectivity index (χ4v) is 2.05. The van der Waals surface area contributed by atoms with Crippen LogP contribution in [0.5, 0.6) is 0 Å². The molecule has 0 saturated heterocycles. The Morgan fingerprint density at radius 3 is 2.20 bits per heavy atom. The van der Waals surface area contributed by atoms with Crippen LogP contribution in [0.25, 0.3) is 5.57 Å². The summed E-state index contributed by atoms with van der Waals surface area (Å²) in [5.74, 6) is -5.00. The van der Waals surface area contributed by atoms with Crippen molar-refractivity contribution < 1.29 is 31.4 Å². The highest BCUT2D eigenvalue weighted by atomic mass is 19.4. The third-order valence-electron chi connectivity index (χ3n) is 2.93. The van der Waals surface area contributed by atoms with Crippen LogP contribution in [0.3, 0.4) is 0 Å². The van der Waals surface area contributed by atoms with E-state index >= 15 is 0 Å². The lowest BCUT2D eigenvalue weighted by molar-refractivity contribution is -0.0914. The van der Waals surface area contributed by atoms with Crippen LogP contribution in [0.15, 0.2) is 35.4 Å². The summed E-state index contributed by atoms with van der Waals surface area (Å²) in [5, 5.41) is 9.11. The lowest BCUT2D eigenvalue weighted by Crippen LogP contribution is -2.19. The Labute approximate surface area is 109 Å². The van der Waals surface area contributed by atoms with Gasteiger partial charge in [0, 0.05) is 18.1 Å². The van der Waals surface area contributed by atoms with E-state index in [1.54, 1.807) is 0 Å². The molecule has 0 aliphatic heterocycles. The number of hydrogen-bond donors (Lipinski definition) is 1. The molecule has 1 nitrogen and oxygen atoms in total. The average Bonchev–Trinajstić information content (AvgIpc) is 2.31. The van der Waals surface area contributed by atoms with Gasteiger partial charge in [0.25, 0.3) is 0 Å². The molecule has 1 aliphatic carbocycles. The zero-order chi connectivity index (χ0) is 15.1. The number of allylic oxidation sites excluding steroid dienone is 4. The topological polar surface area (TPSA) is 20.2 Å². The van der Waals surface area contributed by atoms with Gasteiger partial charge in [-0.15, -0.1) is 0 Å². The molecule has 0 heterocycles. The Morgan fingerprint density at radius 2 is 1.65 bits per heavy atom. The molecule has 0 unspecified atom stereocenters. The van der Waals surface area contributed by atoms with Crippen LogP contribution in [0, 0.1) is 11.6 Å². The second-order valence-electron chi connectivity index (χ2n) is 4.24. The van der Waals surface area contributed by atoms with Crippen LogP contribution in [0.1, 0.15) is 18.4 Å². The number of benzene rings is 1. The fraction of sp³-hybridized carbons (Fsp3) is 0.231. The van der Waals surface area contributed by atoms with Crippen molar-refractivity contribution in [2.45, 2.75) is 19.0 Å². The van der Waals surface area contributed by atoms with Gasteiger partial charge < -0.3 is 5.11 Å². The first-order valence-corrected chi connectivity index (χ1v) is 5.55. The Kier molecular flexibility index (Phi) is 3.54. The largest absolute Gasteiger partial charge is 0.509 e. The second-order valence-corrected chi connectivity index (χ2v) is 4.24. The summed E-state index contributed by atoms with van der Waals surface area (Å²) in [7, 11) is 0. The predicted octanol–water partition coefficient (Wildman–Crippen LogP) is 4.81. The van der Waals surface area contributed by atoms with E-state index in [-0.39, 0.29) is 6.42 Å². The summed E-state index contributed by atoms with van der Waals surface area (Å²) in [6.07, 6.45) is -5.86. The summed E-state index contributed by atoms with van der Waals surface area (Å²) in [6.45, 7) is 0. The third-order valence-corrected chi connectivity index (χ3v) is 2.93. The molecular weight excluding hydrogens is 286 g/mol. The number of rotatable bonds is 1. The van der Waals surface area contributed by atoms with E-state index in [0.29, 0.717) is 6.07 Å². The molecule has 1 aromatic carbocycles. The molecule has 0 radical (unpaired) electrons. The van der Waals surface area contributed by atoms with Crippen molar-refractivity contribution in [3.05, 3.63) is 52.6 Å². The molecule has 2 rings (SSSR count). The fourth-order valence-electron chi connectivity index (χ4n) is 2.05. The lowest BCUT2D eigenvalue weighted by Gasteiger charge is -2.22. The molecule has 20 heavy (non-hydrogen) atoms. The molecule has 0 fully saturated rings. The van der Waals surface area contributed by atoms with Gasteiger partial charge in [0.05, 0.1) is 5.57 Å². The van der Waals surface area contributed by atoms with Gasteiger partial charge in [-0.3, -0.25) is 0 Å². The standard InChI is InChI=1S/C13H8F6O/c14-6-1-2-7(9(15)5-6)8-3-4-10(20)12(16)11(8)13(17,18)19/h1-2,5,20H,3-4H2. The first kappa shape index (κ1) is 14.5. The van der Waals surface area contributed by atoms with E-state index in [1.165, 1.54) is 0 Å². The van der Waals surface area contributed by atoms with Crippen molar-refractivity contribution in [1.82, 2.24) is 0 Å². The molecule has 0 aromatic heterocycles.